The standard InChI is InChI=1S/C33H39ClF2N3O7PS/c1-9-16-48(42,43)38-27-15-14-26(35)28(29(27)36)30(40)25-19-39(20(2)44-47(41,45-32(3,4)5)46-33(6,7)8)31-24(25)17-22(18-37-31)21-10-12-23(34)13-11-21/h10-15,17-20,38H,9,16H2,1-8H3. The van der Waals surface area contributed by atoms with Gasteiger partial charge in [-0.15, -0.1) is 0 Å². The number of carbonyl (C=O) groups excluding carboxylic acids is 1. The number of pyridine rings is 1. The molecular weight excluding hydrogens is 687 g/mol. The third kappa shape index (κ3) is 9.07. The Morgan fingerprint density at radius 3 is 2.19 bits per heavy atom. The molecule has 260 valence electrons. The van der Waals surface area contributed by atoms with Crippen molar-refractivity contribution in [2.45, 2.75) is 79.2 Å². The number of nitrogens with one attached hydrogen (secondary N) is 1. The van der Waals surface area contributed by atoms with Gasteiger partial charge >= 0.3 is 7.82 Å². The Morgan fingerprint density at radius 1 is 1.02 bits per heavy atom. The molecule has 2 heterocycles. The third-order valence-electron chi connectivity index (χ3n) is 6.59. The van der Waals surface area contributed by atoms with Crippen LogP contribution in [0.1, 0.15) is 84.0 Å². The van der Waals surface area contributed by atoms with Gasteiger partial charge in [-0.3, -0.25) is 23.1 Å². The third-order valence-corrected chi connectivity index (χ3v) is 10.4. The van der Waals surface area contributed by atoms with Crippen molar-refractivity contribution in [3.05, 3.63) is 82.6 Å². The van der Waals surface area contributed by atoms with Gasteiger partial charge in [0.25, 0.3) is 0 Å². The number of benzene rings is 2. The number of sulfonamides is 1. The van der Waals surface area contributed by atoms with E-state index in [0.29, 0.717) is 16.1 Å². The van der Waals surface area contributed by atoms with Gasteiger partial charge in [0.1, 0.15) is 17.7 Å². The largest absolute Gasteiger partial charge is 0.477 e. The van der Waals surface area contributed by atoms with Crippen molar-refractivity contribution in [1.29, 1.82) is 0 Å². The molecule has 2 aromatic carbocycles. The molecule has 1 unspecified atom stereocenters. The normalized spacial score (nSPS) is 13.6. The van der Waals surface area contributed by atoms with Crippen LogP contribution in [0.2, 0.25) is 5.02 Å². The molecule has 15 heteroatoms. The maximum Gasteiger partial charge on any atom is 0.477 e. The highest BCUT2D eigenvalue weighted by Crippen LogP contribution is 2.57. The van der Waals surface area contributed by atoms with Crippen molar-refractivity contribution in [3.63, 3.8) is 0 Å². The number of carbonyl (C=O) groups is 1. The van der Waals surface area contributed by atoms with Gasteiger partial charge in [0.2, 0.25) is 15.8 Å². The zero-order chi connectivity index (χ0) is 35.8. The Labute approximate surface area is 284 Å². The van der Waals surface area contributed by atoms with E-state index in [-0.39, 0.29) is 28.8 Å². The van der Waals surface area contributed by atoms with E-state index in [1.807, 2.05) is 0 Å². The van der Waals surface area contributed by atoms with E-state index in [0.717, 1.165) is 12.1 Å². The van der Waals surface area contributed by atoms with Gasteiger partial charge in [0.05, 0.1) is 33.8 Å². The summed E-state index contributed by atoms with van der Waals surface area (Å²) in [4.78, 5) is 18.6. The number of phosphoric ester groups is 1. The molecule has 48 heavy (non-hydrogen) atoms. The Hall–Kier alpha value is -3.19. The Morgan fingerprint density at radius 2 is 1.62 bits per heavy atom. The van der Waals surface area contributed by atoms with E-state index in [9.17, 15) is 17.8 Å². The number of ketones is 1. The highest BCUT2D eigenvalue weighted by molar-refractivity contribution is 7.92. The fourth-order valence-electron chi connectivity index (χ4n) is 4.82. The molecule has 0 bridgehead atoms. The van der Waals surface area contributed by atoms with Crippen LogP contribution in [0.15, 0.2) is 54.9 Å². The van der Waals surface area contributed by atoms with Crippen LogP contribution in [0.25, 0.3) is 22.2 Å². The van der Waals surface area contributed by atoms with Crippen LogP contribution < -0.4 is 4.72 Å². The summed E-state index contributed by atoms with van der Waals surface area (Å²) in [5, 5.41) is 0.683. The van der Waals surface area contributed by atoms with Crippen LogP contribution in [-0.4, -0.2) is 40.7 Å². The van der Waals surface area contributed by atoms with Gasteiger partial charge < -0.3 is 4.57 Å². The molecular formula is C33H39ClF2N3O7PS. The summed E-state index contributed by atoms with van der Waals surface area (Å²) in [6.45, 7) is 13.2. The van der Waals surface area contributed by atoms with Crippen molar-refractivity contribution in [1.82, 2.24) is 9.55 Å². The van der Waals surface area contributed by atoms with Gasteiger partial charge in [-0.25, -0.2) is 26.7 Å². The molecule has 0 aliphatic carbocycles. The second-order valence-corrected chi connectivity index (χ2v) is 16.9. The van der Waals surface area contributed by atoms with E-state index in [1.54, 1.807) is 78.8 Å². The molecule has 0 amide bonds. The van der Waals surface area contributed by atoms with E-state index in [2.05, 4.69) is 9.71 Å². The number of hydrogen-bond acceptors (Lipinski definition) is 8. The summed E-state index contributed by atoms with van der Waals surface area (Å²) in [5.41, 5.74) is -2.21. The molecule has 0 aliphatic rings. The predicted molar refractivity (Wildman–Crippen MR) is 183 cm³/mol. The fourth-order valence-corrected chi connectivity index (χ4v) is 8.02. The van der Waals surface area contributed by atoms with Crippen LogP contribution >= 0.6 is 19.4 Å². The van der Waals surface area contributed by atoms with Crippen LogP contribution in [0.4, 0.5) is 14.5 Å². The highest BCUT2D eigenvalue weighted by Gasteiger charge is 2.39. The minimum Gasteiger partial charge on any atom is -0.305 e. The molecule has 1 atom stereocenters. The lowest BCUT2D eigenvalue weighted by molar-refractivity contribution is -0.0198. The topological polar surface area (TPSA) is 126 Å². The van der Waals surface area contributed by atoms with E-state index in [4.69, 9.17) is 25.2 Å². The Kier molecular flexibility index (Phi) is 11.0. The van der Waals surface area contributed by atoms with Gasteiger partial charge in [-0.05, 0) is 90.8 Å². The first-order valence-corrected chi connectivity index (χ1v) is 18.6. The van der Waals surface area contributed by atoms with Crippen molar-refractivity contribution in [2.75, 3.05) is 10.5 Å². The molecule has 1 N–H and O–H groups in total. The summed E-state index contributed by atoms with van der Waals surface area (Å²) in [5.74, 6) is -3.98. The Balaban J connectivity index is 1.90. The summed E-state index contributed by atoms with van der Waals surface area (Å²) in [6, 6.07) is 10.2. The maximum absolute atomic E-state index is 15.8. The van der Waals surface area contributed by atoms with Crippen LogP contribution in [0.5, 0.6) is 0 Å². The molecule has 10 nitrogen and oxygen atoms in total. The SMILES string of the molecule is CCCS(=O)(=O)Nc1ccc(F)c(C(=O)c2cn(C(C)OP(=O)(OC(C)(C)C)OC(C)(C)C)c3ncc(-c4ccc(Cl)cc4)cc23)c1F. The number of rotatable bonds is 12. The van der Waals surface area contributed by atoms with Gasteiger partial charge in [0, 0.05) is 28.4 Å². The molecule has 0 fully saturated rings. The van der Waals surface area contributed by atoms with Gasteiger partial charge in [-0.1, -0.05) is 30.7 Å². The first-order chi connectivity index (χ1) is 22.1. The molecule has 2 aromatic heterocycles. The molecule has 0 saturated carbocycles. The fraction of sp³-hybridized carbons (Fsp3) is 0.394. The van der Waals surface area contributed by atoms with Crippen molar-refractivity contribution >= 4 is 52.0 Å². The molecule has 0 aliphatic heterocycles. The molecule has 0 saturated heterocycles. The number of aromatic nitrogens is 2. The van der Waals surface area contributed by atoms with Crippen molar-refractivity contribution in [2.24, 2.45) is 0 Å². The zero-order valence-corrected chi connectivity index (χ0v) is 30.4. The lowest BCUT2D eigenvalue weighted by atomic mass is 10.00. The quantitative estimate of drug-likeness (QED) is 0.113. The van der Waals surface area contributed by atoms with Crippen LogP contribution in [0, 0.1) is 11.6 Å². The average Bonchev–Trinajstić information content (AvgIpc) is 3.32. The lowest BCUT2D eigenvalue weighted by Crippen LogP contribution is -2.25. The number of halogens is 3. The van der Waals surface area contributed by atoms with E-state index < -0.39 is 63.9 Å². The number of anilines is 1. The zero-order valence-electron chi connectivity index (χ0n) is 27.9. The maximum atomic E-state index is 15.8. The van der Waals surface area contributed by atoms with Crippen molar-refractivity contribution < 1.29 is 40.1 Å². The monoisotopic (exact) mass is 725 g/mol. The molecule has 4 aromatic rings. The number of nitrogens with zero attached hydrogens (tertiary/aromatic N) is 2. The summed E-state index contributed by atoms with van der Waals surface area (Å²) < 4.78 is 90.7. The van der Waals surface area contributed by atoms with E-state index in [1.165, 1.54) is 23.9 Å². The second kappa shape index (κ2) is 14.0. The lowest BCUT2D eigenvalue weighted by Gasteiger charge is -2.32. The number of fused-ring (bicyclic) bond motifs is 1. The Bertz CT molecular complexity index is 1970. The van der Waals surface area contributed by atoms with Crippen molar-refractivity contribution in [3.8, 4) is 11.1 Å². The minimum absolute atomic E-state index is 0.155. The second-order valence-electron chi connectivity index (χ2n) is 13.1. The van der Waals surface area contributed by atoms with E-state index >= 15 is 8.78 Å². The first kappa shape index (κ1) is 37.6. The predicted octanol–water partition coefficient (Wildman–Crippen LogP) is 9.29. The molecule has 4 rings (SSSR count). The van der Waals surface area contributed by atoms with Crippen LogP contribution in [-0.2, 0) is 28.2 Å². The highest BCUT2D eigenvalue weighted by atomic mass is 35.5. The smallest absolute Gasteiger partial charge is 0.305 e. The molecule has 0 spiro atoms. The summed E-state index contributed by atoms with van der Waals surface area (Å²) in [6.07, 6.45) is 1.92. The summed E-state index contributed by atoms with van der Waals surface area (Å²) in [7, 11) is -8.24. The average molecular weight is 726 g/mol. The molecule has 0 radical (unpaired) electrons. The minimum atomic E-state index is -4.28. The number of phosphoric acid groups is 1. The van der Waals surface area contributed by atoms with Crippen LogP contribution in [0.3, 0.4) is 0 Å². The number of hydrogen-bond donors (Lipinski definition) is 1. The first-order valence-electron chi connectivity index (χ1n) is 15.1. The van der Waals surface area contributed by atoms with Gasteiger partial charge in [-0.2, -0.15) is 0 Å². The summed E-state index contributed by atoms with van der Waals surface area (Å²) >= 11 is 6.07. The van der Waals surface area contributed by atoms with Gasteiger partial charge in [0.15, 0.2) is 5.82 Å².